The van der Waals surface area contributed by atoms with Crippen LogP contribution in [-0.4, -0.2) is 31.2 Å². The van der Waals surface area contributed by atoms with E-state index in [1.54, 1.807) is 0 Å². The number of nitrogens with zero attached hydrogens (tertiary/aromatic N) is 1. The highest BCUT2D eigenvalue weighted by Crippen LogP contribution is 2.16. The van der Waals surface area contributed by atoms with Gasteiger partial charge in [-0.2, -0.15) is 0 Å². The summed E-state index contributed by atoms with van der Waals surface area (Å²) in [6.45, 7) is 8.28. The summed E-state index contributed by atoms with van der Waals surface area (Å²) in [5.41, 5.74) is 0. The van der Waals surface area contributed by atoms with Crippen LogP contribution < -0.4 is 0 Å². The molecular weight excluding hydrogens is 302 g/mol. The largest absolute Gasteiger partial charge is 0.327 e. The van der Waals surface area contributed by atoms with Gasteiger partial charge in [0.25, 0.3) is 0 Å². The predicted octanol–water partition coefficient (Wildman–Crippen LogP) is 8.12. The standard InChI is InChI=1S/C24H52N/c1-6-8-9-10-11-12-13-14-15-16-17-18-19-20-21-22-23-24(3)25(4,5)7-2/h24H,6-23H2,1-5H3/q+1. The molecular formula is C24H52N+. The maximum absolute atomic E-state index is 2.43. The summed E-state index contributed by atoms with van der Waals surface area (Å²) >= 11 is 0. The van der Waals surface area contributed by atoms with Crippen molar-refractivity contribution in [3.63, 3.8) is 0 Å². The first-order valence-electron chi connectivity index (χ1n) is 11.9. The third-order valence-corrected chi connectivity index (χ3v) is 6.48. The summed E-state index contributed by atoms with van der Waals surface area (Å²) < 4.78 is 1.18. The monoisotopic (exact) mass is 354 g/mol. The highest BCUT2D eigenvalue weighted by Gasteiger charge is 2.20. The molecule has 0 aromatic heterocycles. The van der Waals surface area contributed by atoms with Crippen LogP contribution in [0, 0.1) is 0 Å². The van der Waals surface area contributed by atoms with E-state index in [4.69, 9.17) is 0 Å². The Labute approximate surface area is 161 Å². The van der Waals surface area contributed by atoms with E-state index in [2.05, 4.69) is 34.9 Å². The highest BCUT2D eigenvalue weighted by molar-refractivity contribution is 4.54. The van der Waals surface area contributed by atoms with Crippen molar-refractivity contribution in [2.75, 3.05) is 20.6 Å². The summed E-state index contributed by atoms with van der Waals surface area (Å²) in [5, 5.41) is 0. The Morgan fingerprint density at radius 1 is 0.520 bits per heavy atom. The lowest BCUT2D eigenvalue weighted by molar-refractivity contribution is -0.911. The van der Waals surface area contributed by atoms with E-state index in [-0.39, 0.29) is 0 Å². The van der Waals surface area contributed by atoms with Gasteiger partial charge in [0.15, 0.2) is 0 Å². The Morgan fingerprint density at radius 2 is 0.840 bits per heavy atom. The molecule has 1 nitrogen and oxygen atoms in total. The summed E-state index contributed by atoms with van der Waals surface area (Å²) in [6.07, 6.45) is 24.8. The average Bonchev–Trinajstić information content (AvgIpc) is 2.61. The molecule has 152 valence electrons. The van der Waals surface area contributed by atoms with Crippen molar-refractivity contribution < 1.29 is 4.48 Å². The van der Waals surface area contributed by atoms with Crippen LogP contribution in [0.15, 0.2) is 0 Å². The van der Waals surface area contributed by atoms with Gasteiger partial charge in [0, 0.05) is 0 Å². The van der Waals surface area contributed by atoms with Crippen LogP contribution in [0.5, 0.6) is 0 Å². The van der Waals surface area contributed by atoms with Crippen molar-refractivity contribution in [1.29, 1.82) is 0 Å². The van der Waals surface area contributed by atoms with Gasteiger partial charge < -0.3 is 4.48 Å². The molecule has 0 heterocycles. The number of quaternary nitrogens is 1. The first-order valence-corrected chi connectivity index (χ1v) is 11.9. The lowest BCUT2D eigenvalue weighted by atomic mass is 10.0. The Balaban J connectivity index is 3.17. The molecule has 0 aliphatic carbocycles. The minimum absolute atomic E-state index is 0.816. The van der Waals surface area contributed by atoms with Gasteiger partial charge in [-0.15, -0.1) is 0 Å². The average molecular weight is 355 g/mol. The molecule has 0 aliphatic rings. The molecule has 1 heteroatoms. The SMILES string of the molecule is CCCCCCCCCCCCCCCCCCC(C)[N+](C)(C)CC. The maximum atomic E-state index is 2.43. The molecule has 0 saturated heterocycles. The lowest BCUT2D eigenvalue weighted by Gasteiger charge is -2.35. The van der Waals surface area contributed by atoms with Gasteiger partial charge in [-0.05, 0) is 26.7 Å². The summed E-state index contributed by atoms with van der Waals surface area (Å²) in [4.78, 5) is 0. The first-order chi connectivity index (χ1) is 12.0. The smallest absolute Gasteiger partial charge is 0.0857 e. The van der Waals surface area contributed by atoms with Crippen LogP contribution in [0.25, 0.3) is 0 Å². The minimum Gasteiger partial charge on any atom is -0.327 e. The zero-order valence-electron chi connectivity index (χ0n) is 18.8. The van der Waals surface area contributed by atoms with Gasteiger partial charge in [0.1, 0.15) is 0 Å². The van der Waals surface area contributed by atoms with Gasteiger partial charge in [0.2, 0.25) is 0 Å². The summed E-state index contributed by atoms with van der Waals surface area (Å²) in [6, 6.07) is 0.816. The molecule has 25 heavy (non-hydrogen) atoms. The predicted molar refractivity (Wildman–Crippen MR) is 116 cm³/mol. The second kappa shape index (κ2) is 17.4. The normalized spacial score (nSPS) is 13.3. The number of rotatable bonds is 19. The Bertz CT molecular complexity index is 259. The minimum atomic E-state index is 0.816. The van der Waals surface area contributed by atoms with Gasteiger partial charge in [0.05, 0.1) is 26.7 Å². The fraction of sp³-hybridized carbons (Fsp3) is 1.00. The van der Waals surface area contributed by atoms with E-state index in [9.17, 15) is 0 Å². The van der Waals surface area contributed by atoms with Gasteiger partial charge >= 0.3 is 0 Å². The Morgan fingerprint density at radius 3 is 1.16 bits per heavy atom. The molecule has 0 bridgehead atoms. The van der Waals surface area contributed by atoms with Gasteiger partial charge in [-0.25, -0.2) is 0 Å². The Hall–Kier alpha value is -0.0400. The van der Waals surface area contributed by atoms with Crippen molar-refractivity contribution in [3.05, 3.63) is 0 Å². The van der Waals surface area contributed by atoms with E-state index >= 15 is 0 Å². The molecule has 0 saturated carbocycles. The third-order valence-electron chi connectivity index (χ3n) is 6.48. The van der Waals surface area contributed by atoms with Crippen LogP contribution in [0.1, 0.15) is 130 Å². The molecule has 0 fully saturated rings. The van der Waals surface area contributed by atoms with Gasteiger partial charge in [-0.3, -0.25) is 0 Å². The Kier molecular flexibility index (Phi) is 17.3. The fourth-order valence-electron chi connectivity index (χ4n) is 3.65. The van der Waals surface area contributed by atoms with Crippen LogP contribution in [-0.2, 0) is 0 Å². The van der Waals surface area contributed by atoms with Crippen LogP contribution in [0.3, 0.4) is 0 Å². The zero-order chi connectivity index (χ0) is 18.8. The summed E-state index contributed by atoms with van der Waals surface area (Å²) in [7, 11) is 4.74. The molecule has 0 radical (unpaired) electrons. The molecule has 1 unspecified atom stereocenters. The van der Waals surface area contributed by atoms with Crippen LogP contribution in [0.2, 0.25) is 0 Å². The zero-order valence-corrected chi connectivity index (χ0v) is 18.8. The summed E-state index contributed by atoms with van der Waals surface area (Å²) in [5.74, 6) is 0. The molecule has 0 aromatic carbocycles. The van der Waals surface area contributed by atoms with E-state index in [0.29, 0.717) is 0 Å². The van der Waals surface area contributed by atoms with E-state index < -0.39 is 0 Å². The molecule has 0 N–H and O–H groups in total. The van der Waals surface area contributed by atoms with Crippen molar-refractivity contribution in [1.82, 2.24) is 0 Å². The van der Waals surface area contributed by atoms with E-state index in [1.165, 1.54) is 120 Å². The van der Waals surface area contributed by atoms with E-state index in [0.717, 1.165) is 6.04 Å². The molecule has 1 atom stereocenters. The lowest BCUT2D eigenvalue weighted by Crippen LogP contribution is -2.46. The van der Waals surface area contributed by atoms with Crippen molar-refractivity contribution in [3.8, 4) is 0 Å². The van der Waals surface area contributed by atoms with Crippen molar-refractivity contribution in [2.45, 2.75) is 136 Å². The quantitative estimate of drug-likeness (QED) is 0.162. The first kappa shape index (κ1) is 25.0. The topological polar surface area (TPSA) is 0 Å². The second-order valence-electron chi connectivity index (χ2n) is 9.04. The highest BCUT2D eigenvalue weighted by atomic mass is 15.3. The third kappa shape index (κ3) is 15.9. The molecule has 0 aliphatic heterocycles. The molecule has 0 aromatic rings. The maximum Gasteiger partial charge on any atom is 0.0857 e. The van der Waals surface area contributed by atoms with Crippen molar-refractivity contribution in [2.24, 2.45) is 0 Å². The molecule has 0 spiro atoms. The van der Waals surface area contributed by atoms with E-state index in [1.807, 2.05) is 0 Å². The number of hydrogen-bond acceptors (Lipinski definition) is 0. The second-order valence-corrected chi connectivity index (χ2v) is 9.04. The fourth-order valence-corrected chi connectivity index (χ4v) is 3.65. The van der Waals surface area contributed by atoms with Crippen molar-refractivity contribution >= 4 is 0 Å². The number of unbranched alkanes of at least 4 members (excludes halogenated alkanes) is 15. The molecule has 0 amide bonds. The van der Waals surface area contributed by atoms with Crippen LogP contribution >= 0.6 is 0 Å². The van der Waals surface area contributed by atoms with Gasteiger partial charge in [-0.1, -0.05) is 103 Å². The molecule has 0 rings (SSSR count). The van der Waals surface area contributed by atoms with Crippen LogP contribution in [0.4, 0.5) is 0 Å². The number of hydrogen-bond donors (Lipinski definition) is 0.